The van der Waals surface area contributed by atoms with Crippen LogP contribution in [0.1, 0.15) is 21.6 Å². The van der Waals surface area contributed by atoms with Crippen LogP contribution in [0.15, 0.2) is 66.9 Å². The van der Waals surface area contributed by atoms with Gasteiger partial charge in [-0.1, -0.05) is 18.2 Å². The maximum absolute atomic E-state index is 12.6. The van der Waals surface area contributed by atoms with Gasteiger partial charge in [0.15, 0.2) is 0 Å². The highest BCUT2D eigenvalue weighted by Gasteiger charge is 2.30. The zero-order valence-corrected chi connectivity index (χ0v) is 14.3. The molecule has 0 aliphatic carbocycles. The fraction of sp³-hybridized carbons (Fsp3) is 0.100. The van der Waals surface area contributed by atoms with E-state index < -0.39 is 17.6 Å². The van der Waals surface area contributed by atoms with Gasteiger partial charge in [-0.2, -0.15) is 13.2 Å². The van der Waals surface area contributed by atoms with Crippen LogP contribution in [-0.4, -0.2) is 10.9 Å². The number of halogens is 3. The number of hydrogen-bond donors (Lipinski definition) is 2. The molecule has 7 heteroatoms. The summed E-state index contributed by atoms with van der Waals surface area (Å²) in [5.41, 5.74) is 2.37. The van der Waals surface area contributed by atoms with Gasteiger partial charge >= 0.3 is 6.18 Å². The van der Waals surface area contributed by atoms with E-state index in [0.717, 1.165) is 29.1 Å². The van der Waals surface area contributed by atoms with Crippen molar-refractivity contribution < 1.29 is 18.0 Å². The summed E-state index contributed by atoms with van der Waals surface area (Å²) in [7, 11) is 0. The lowest BCUT2D eigenvalue weighted by Gasteiger charge is -2.10. The second kappa shape index (κ2) is 7.49. The molecule has 0 saturated carbocycles. The number of anilines is 3. The summed E-state index contributed by atoms with van der Waals surface area (Å²) < 4.78 is 37.7. The van der Waals surface area contributed by atoms with Gasteiger partial charge in [-0.25, -0.2) is 4.98 Å². The summed E-state index contributed by atoms with van der Waals surface area (Å²) in [5, 5.41) is 5.73. The van der Waals surface area contributed by atoms with Crippen LogP contribution in [0.2, 0.25) is 0 Å². The van der Waals surface area contributed by atoms with Crippen LogP contribution in [0.25, 0.3) is 0 Å². The Morgan fingerprint density at radius 1 is 0.926 bits per heavy atom. The molecular formula is C20H16F3N3O. The molecule has 1 aromatic heterocycles. The molecule has 3 aromatic rings. The van der Waals surface area contributed by atoms with Gasteiger partial charge in [0.2, 0.25) is 0 Å². The number of alkyl halides is 3. The topological polar surface area (TPSA) is 54.0 Å². The van der Waals surface area contributed by atoms with E-state index in [1.54, 1.807) is 12.1 Å². The second-order valence-electron chi connectivity index (χ2n) is 5.90. The molecule has 0 aliphatic heterocycles. The van der Waals surface area contributed by atoms with Gasteiger partial charge in [-0.15, -0.1) is 0 Å². The molecule has 2 N–H and O–H groups in total. The van der Waals surface area contributed by atoms with E-state index in [1.165, 1.54) is 18.3 Å². The number of amides is 1. The number of hydrogen-bond acceptors (Lipinski definition) is 3. The highest BCUT2D eigenvalue weighted by molar-refractivity contribution is 6.03. The van der Waals surface area contributed by atoms with E-state index in [2.05, 4.69) is 15.6 Å². The van der Waals surface area contributed by atoms with Gasteiger partial charge in [0, 0.05) is 11.4 Å². The summed E-state index contributed by atoms with van der Waals surface area (Å²) in [4.78, 5) is 16.3. The number of carbonyl (C=O) groups is 1. The highest BCUT2D eigenvalue weighted by Crippen LogP contribution is 2.29. The van der Waals surface area contributed by atoms with Crippen molar-refractivity contribution in [2.75, 3.05) is 10.6 Å². The molecule has 3 rings (SSSR count). The molecule has 0 bridgehead atoms. The van der Waals surface area contributed by atoms with E-state index in [4.69, 9.17) is 0 Å². The number of pyridine rings is 1. The average molecular weight is 371 g/mol. The fourth-order valence-electron chi connectivity index (χ4n) is 2.41. The lowest BCUT2D eigenvalue weighted by Crippen LogP contribution is -2.14. The van der Waals surface area contributed by atoms with Crippen molar-refractivity contribution in [3.63, 3.8) is 0 Å². The van der Waals surface area contributed by atoms with Crippen LogP contribution in [0.5, 0.6) is 0 Å². The van der Waals surface area contributed by atoms with Crippen LogP contribution < -0.4 is 10.6 Å². The maximum Gasteiger partial charge on any atom is 0.416 e. The van der Waals surface area contributed by atoms with Crippen LogP contribution >= 0.6 is 0 Å². The molecule has 1 heterocycles. The Hall–Kier alpha value is -3.35. The molecular weight excluding hydrogens is 355 g/mol. The van der Waals surface area contributed by atoms with Crippen LogP contribution in [0.3, 0.4) is 0 Å². The van der Waals surface area contributed by atoms with Crippen molar-refractivity contribution in [2.24, 2.45) is 0 Å². The van der Waals surface area contributed by atoms with E-state index in [0.29, 0.717) is 0 Å². The van der Waals surface area contributed by atoms with Gasteiger partial charge in [0.05, 0.1) is 17.4 Å². The molecule has 0 saturated heterocycles. The molecule has 27 heavy (non-hydrogen) atoms. The quantitative estimate of drug-likeness (QED) is 0.645. The van der Waals surface area contributed by atoms with Crippen LogP contribution in [0, 0.1) is 6.92 Å². The van der Waals surface area contributed by atoms with Crippen molar-refractivity contribution >= 4 is 23.0 Å². The third-order valence-electron chi connectivity index (χ3n) is 3.89. The summed E-state index contributed by atoms with van der Waals surface area (Å²) in [5.74, 6) is -0.503. The summed E-state index contributed by atoms with van der Waals surface area (Å²) >= 11 is 0. The Labute approximate surface area is 154 Å². The van der Waals surface area contributed by atoms with Gasteiger partial charge in [0.25, 0.3) is 5.91 Å². The number of para-hydroxylation sites is 1. The zero-order chi connectivity index (χ0) is 19.4. The second-order valence-corrected chi connectivity index (χ2v) is 5.90. The summed E-state index contributed by atoms with van der Waals surface area (Å²) in [6, 6.07) is 15.2. The summed E-state index contributed by atoms with van der Waals surface area (Å²) in [6.45, 7) is 1.97. The normalized spacial score (nSPS) is 11.1. The average Bonchev–Trinajstić information content (AvgIpc) is 2.64. The van der Waals surface area contributed by atoms with Gasteiger partial charge < -0.3 is 10.6 Å². The smallest absolute Gasteiger partial charge is 0.354 e. The maximum atomic E-state index is 12.6. The minimum atomic E-state index is -4.41. The molecule has 0 aliphatic rings. The van der Waals surface area contributed by atoms with Crippen molar-refractivity contribution in [1.82, 2.24) is 4.98 Å². The Bertz CT molecular complexity index is 936. The third-order valence-corrected chi connectivity index (χ3v) is 3.89. The first-order valence-electron chi connectivity index (χ1n) is 8.10. The molecule has 0 fully saturated rings. The lowest BCUT2D eigenvalue weighted by molar-refractivity contribution is -0.137. The molecule has 0 unspecified atom stereocenters. The van der Waals surface area contributed by atoms with Gasteiger partial charge in [-0.05, 0) is 55.0 Å². The Morgan fingerprint density at radius 3 is 2.19 bits per heavy atom. The first-order valence-corrected chi connectivity index (χ1v) is 8.10. The Kier molecular flexibility index (Phi) is 5.12. The SMILES string of the molecule is Cc1ccccc1Nc1ccc(C(=O)Nc2ccc(C(F)(F)F)cc2)nc1. The predicted molar refractivity (Wildman–Crippen MR) is 98.1 cm³/mol. The predicted octanol–water partition coefficient (Wildman–Crippen LogP) is 5.40. The van der Waals surface area contributed by atoms with Crippen molar-refractivity contribution in [2.45, 2.75) is 13.1 Å². The number of nitrogens with zero attached hydrogens (tertiary/aromatic N) is 1. The lowest BCUT2D eigenvalue weighted by atomic mass is 10.2. The number of carbonyl (C=O) groups excluding carboxylic acids is 1. The molecule has 4 nitrogen and oxygen atoms in total. The zero-order valence-electron chi connectivity index (χ0n) is 14.3. The number of rotatable bonds is 4. The Morgan fingerprint density at radius 2 is 1.59 bits per heavy atom. The third kappa shape index (κ3) is 4.63. The van der Waals surface area contributed by atoms with E-state index in [9.17, 15) is 18.0 Å². The molecule has 138 valence electrons. The monoisotopic (exact) mass is 371 g/mol. The van der Waals surface area contributed by atoms with Gasteiger partial charge in [-0.3, -0.25) is 4.79 Å². The molecule has 0 radical (unpaired) electrons. The number of nitrogens with one attached hydrogen (secondary N) is 2. The fourth-order valence-corrected chi connectivity index (χ4v) is 2.41. The molecule has 0 spiro atoms. The van der Waals surface area contributed by atoms with Gasteiger partial charge in [0.1, 0.15) is 5.69 Å². The van der Waals surface area contributed by atoms with Crippen LogP contribution in [0.4, 0.5) is 30.2 Å². The van der Waals surface area contributed by atoms with Crippen molar-refractivity contribution in [1.29, 1.82) is 0 Å². The number of aromatic nitrogens is 1. The van der Waals surface area contributed by atoms with E-state index in [1.807, 2.05) is 31.2 Å². The minimum Gasteiger partial charge on any atom is -0.354 e. The summed E-state index contributed by atoms with van der Waals surface area (Å²) in [6.07, 6.45) is -2.89. The van der Waals surface area contributed by atoms with Crippen LogP contribution in [-0.2, 0) is 6.18 Å². The largest absolute Gasteiger partial charge is 0.416 e. The van der Waals surface area contributed by atoms with Crippen molar-refractivity contribution in [3.8, 4) is 0 Å². The first-order chi connectivity index (χ1) is 12.8. The number of aryl methyl sites for hydroxylation is 1. The minimum absolute atomic E-state index is 0.158. The molecule has 2 aromatic carbocycles. The Balaban J connectivity index is 1.66. The van der Waals surface area contributed by atoms with E-state index >= 15 is 0 Å². The highest BCUT2D eigenvalue weighted by atomic mass is 19.4. The van der Waals surface area contributed by atoms with Crippen molar-refractivity contribution in [3.05, 3.63) is 83.7 Å². The first kappa shape index (κ1) is 18.4. The molecule has 1 amide bonds. The molecule has 0 atom stereocenters. The number of benzene rings is 2. The van der Waals surface area contributed by atoms with E-state index in [-0.39, 0.29) is 11.4 Å². The standard InChI is InChI=1S/C20H16F3N3O/c1-13-4-2-3-5-17(13)25-16-10-11-18(24-12-16)19(27)26-15-8-6-14(7-9-15)20(21,22)23/h2-12,25H,1H3,(H,26,27).